The topological polar surface area (TPSA) is 18.5 Å². The molecule has 2 nitrogen and oxygen atoms in total. The average Bonchev–Trinajstić information content (AvgIpc) is 2.60. The Labute approximate surface area is 136 Å². The summed E-state index contributed by atoms with van der Waals surface area (Å²) >= 11 is 0. The molecule has 1 aliphatic rings. The Kier molecular flexibility index (Phi) is 3.51. The van der Waals surface area contributed by atoms with Gasteiger partial charge in [-0.15, -0.1) is 0 Å². The third-order valence-electron chi connectivity index (χ3n) is 4.25. The maximum atomic E-state index is 6.06. The fourth-order valence-electron chi connectivity index (χ4n) is 3.00. The molecule has 3 aromatic carbocycles. The molecule has 3 aromatic rings. The summed E-state index contributed by atoms with van der Waals surface area (Å²) in [5.41, 5.74) is 3.59. The van der Waals surface area contributed by atoms with Crippen LogP contribution in [-0.4, -0.2) is 6.61 Å². The molecule has 23 heavy (non-hydrogen) atoms. The summed E-state index contributed by atoms with van der Waals surface area (Å²) in [7, 11) is 0. The van der Waals surface area contributed by atoms with Gasteiger partial charge in [-0.3, -0.25) is 0 Å². The van der Waals surface area contributed by atoms with Crippen molar-refractivity contribution in [3.63, 3.8) is 0 Å². The van der Waals surface area contributed by atoms with Gasteiger partial charge in [-0.2, -0.15) is 0 Å². The first-order valence-electron chi connectivity index (χ1n) is 7.86. The van der Waals surface area contributed by atoms with E-state index in [0.29, 0.717) is 6.61 Å². The monoisotopic (exact) mass is 302 g/mol. The standard InChI is InChI=1S/C21H18O2/c1-15-10-12-16(13-11-15)22-14-19-17-6-2-4-8-20(17)23-21-9-5-3-7-18(19)21/h2-13,19H,14H2,1H3. The van der Waals surface area contributed by atoms with Crippen molar-refractivity contribution in [3.05, 3.63) is 89.5 Å². The summed E-state index contributed by atoms with van der Waals surface area (Å²) in [6.45, 7) is 2.68. The van der Waals surface area contributed by atoms with Crippen LogP contribution < -0.4 is 9.47 Å². The summed E-state index contributed by atoms with van der Waals surface area (Å²) in [5.74, 6) is 2.92. The molecule has 0 amide bonds. The van der Waals surface area contributed by atoms with Crippen molar-refractivity contribution in [2.24, 2.45) is 0 Å². The van der Waals surface area contributed by atoms with Crippen LogP contribution in [0.15, 0.2) is 72.8 Å². The molecule has 0 aliphatic carbocycles. The third kappa shape index (κ3) is 2.68. The van der Waals surface area contributed by atoms with E-state index < -0.39 is 0 Å². The minimum atomic E-state index is 0.178. The van der Waals surface area contributed by atoms with Gasteiger partial charge in [0.05, 0.1) is 12.5 Å². The Morgan fingerprint density at radius 2 is 1.35 bits per heavy atom. The lowest BCUT2D eigenvalue weighted by Gasteiger charge is -2.28. The largest absolute Gasteiger partial charge is 0.493 e. The predicted molar refractivity (Wildman–Crippen MR) is 91.5 cm³/mol. The Morgan fingerprint density at radius 1 is 0.783 bits per heavy atom. The van der Waals surface area contributed by atoms with E-state index in [1.165, 1.54) is 16.7 Å². The van der Waals surface area contributed by atoms with Crippen molar-refractivity contribution in [3.8, 4) is 17.2 Å². The van der Waals surface area contributed by atoms with Gasteiger partial charge in [0.1, 0.15) is 17.2 Å². The lowest BCUT2D eigenvalue weighted by Crippen LogP contribution is -2.17. The molecule has 2 heteroatoms. The second-order valence-electron chi connectivity index (χ2n) is 5.85. The summed E-state index contributed by atoms with van der Waals surface area (Å²) < 4.78 is 12.1. The molecular weight excluding hydrogens is 284 g/mol. The van der Waals surface area contributed by atoms with E-state index in [1.54, 1.807) is 0 Å². The molecular formula is C21H18O2. The van der Waals surface area contributed by atoms with Gasteiger partial charge in [-0.05, 0) is 31.2 Å². The number of rotatable bonds is 3. The number of ether oxygens (including phenoxy) is 2. The second-order valence-corrected chi connectivity index (χ2v) is 5.85. The van der Waals surface area contributed by atoms with Crippen LogP contribution in [0.1, 0.15) is 22.6 Å². The molecule has 1 aliphatic heterocycles. The highest BCUT2D eigenvalue weighted by Gasteiger charge is 2.27. The highest BCUT2D eigenvalue weighted by atomic mass is 16.5. The fraction of sp³-hybridized carbons (Fsp3) is 0.143. The SMILES string of the molecule is Cc1ccc(OCC2c3ccccc3Oc3ccccc32)cc1. The third-order valence-corrected chi connectivity index (χ3v) is 4.25. The van der Waals surface area contributed by atoms with E-state index in [4.69, 9.17) is 9.47 Å². The summed E-state index contributed by atoms with van der Waals surface area (Å²) in [6.07, 6.45) is 0. The molecule has 0 saturated heterocycles. The molecule has 0 unspecified atom stereocenters. The number of hydrogen-bond acceptors (Lipinski definition) is 2. The van der Waals surface area contributed by atoms with Crippen molar-refractivity contribution in [1.82, 2.24) is 0 Å². The lowest BCUT2D eigenvalue weighted by molar-refractivity contribution is 0.293. The van der Waals surface area contributed by atoms with Gasteiger partial charge in [0, 0.05) is 11.1 Å². The molecule has 0 aromatic heterocycles. The van der Waals surface area contributed by atoms with E-state index in [2.05, 4.69) is 43.3 Å². The van der Waals surface area contributed by atoms with Crippen molar-refractivity contribution >= 4 is 0 Å². The van der Waals surface area contributed by atoms with E-state index >= 15 is 0 Å². The van der Waals surface area contributed by atoms with Crippen LogP contribution in [0.4, 0.5) is 0 Å². The molecule has 0 radical (unpaired) electrons. The number of fused-ring (bicyclic) bond motifs is 2. The highest BCUT2D eigenvalue weighted by molar-refractivity contribution is 5.53. The van der Waals surface area contributed by atoms with Crippen LogP contribution in [0.3, 0.4) is 0 Å². The summed E-state index contributed by atoms with van der Waals surface area (Å²) in [6, 6.07) is 24.6. The molecule has 114 valence electrons. The molecule has 1 heterocycles. The smallest absolute Gasteiger partial charge is 0.131 e. The van der Waals surface area contributed by atoms with Crippen LogP contribution in [0.5, 0.6) is 17.2 Å². The first-order valence-corrected chi connectivity index (χ1v) is 7.86. The molecule has 0 saturated carbocycles. The van der Waals surface area contributed by atoms with Gasteiger partial charge < -0.3 is 9.47 Å². The van der Waals surface area contributed by atoms with Crippen molar-refractivity contribution in [2.45, 2.75) is 12.8 Å². The zero-order valence-corrected chi connectivity index (χ0v) is 13.0. The van der Waals surface area contributed by atoms with Crippen LogP contribution in [0, 0.1) is 6.92 Å². The highest BCUT2D eigenvalue weighted by Crippen LogP contribution is 2.43. The molecule has 0 N–H and O–H groups in total. The van der Waals surface area contributed by atoms with Crippen molar-refractivity contribution in [1.29, 1.82) is 0 Å². The average molecular weight is 302 g/mol. The normalized spacial score (nSPS) is 12.9. The van der Waals surface area contributed by atoms with E-state index in [-0.39, 0.29) is 5.92 Å². The fourth-order valence-corrected chi connectivity index (χ4v) is 3.00. The number of benzene rings is 3. The number of aryl methyl sites for hydroxylation is 1. The maximum absolute atomic E-state index is 6.06. The quantitative estimate of drug-likeness (QED) is 0.652. The Hall–Kier alpha value is -2.74. The van der Waals surface area contributed by atoms with Gasteiger partial charge in [0.25, 0.3) is 0 Å². The first-order chi connectivity index (χ1) is 11.3. The van der Waals surface area contributed by atoms with Crippen molar-refractivity contribution < 1.29 is 9.47 Å². The van der Waals surface area contributed by atoms with Crippen LogP contribution in [-0.2, 0) is 0 Å². The van der Waals surface area contributed by atoms with Crippen LogP contribution in [0.25, 0.3) is 0 Å². The molecule has 0 spiro atoms. The molecule has 0 atom stereocenters. The van der Waals surface area contributed by atoms with Gasteiger partial charge in [-0.1, -0.05) is 54.1 Å². The number of para-hydroxylation sites is 2. The maximum Gasteiger partial charge on any atom is 0.131 e. The van der Waals surface area contributed by atoms with Crippen LogP contribution in [0.2, 0.25) is 0 Å². The summed E-state index contributed by atoms with van der Waals surface area (Å²) in [5, 5.41) is 0. The Balaban J connectivity index is 1.66. The minimum absolute atomic E-state index is 0.178. The molecule has 0 fully saturated rings. The number of hydrogen-bond donors (Lipinski definition) is 0. The van der Waals surface area contributed by atoms with Gasteiger partial charge in [-0.25, -0.2) is 0 Å². The minimum Gasteiger partial charge on any atom is -0.493 e. The van der Waals surface area contributed by atoms with Gasteiger partial charge in [0.2, 0.25) is 0 Å². The molecule has 0 bridgehead atoms. The second kappa shape index (κ2) is 5.81. The zero-order valence-electron chi connectivity index (χ0n) is 13.0. The first kappa shape index (κ1) is 13.9. The van der Waals surface area contributed by atoms with E-state index in [9.17, 15) is 0 Å². The van der Waals surface area contributed by atoms with Gasteiger partial charge in [0.15, 0.2) is 0 Å². The van der Waals surface area contributed by atoms with E-state index in [0.717, 1.165) is 17.2 Å². The zero-order chi connectivity index (χ0) is 15.6. The van der Waals surface area contributed by atoms with Crippen LogP contribution >= 0.6 is 0 Å². The van der Waals surface area contributed by atoms with Crippen molar-refractivity contribution in [2.75, 3.05) is 6.61 Å². The summed E-state index contributed by atoms with van der Waals surface area (Å²) in [4.78, 5) is 0. The Bertz CT molecular complexity index is 776. The Morgan fingerprint density at radius 3 is 1.96 bits per heavy atom. The van der Waals surface area contributed by atoms with E-state index in [1.807, 2.05) is 36.4 Å². The van der Waals surface area contributed by atoms with Gasteiger partial charge >= 0.3 is 0 Å². The predicted octanol–water partition coefficient (Wildman–Crippen LogP) is 5.31. The lowest BCUT2D eigenvalue weighted by atomic mass is 9.88. The molecule has 4 rings (SSSR count).